The predicted molar refractivity (Wildman–Crippen MR) is 35.3 cm³/mol. The molecule has 0 aromatic rings. The molecule has 0 spiro atoms. The van der Waals surface area contributed by atoms with Gasteiger partial charge in [-0.2, -0.15) is 0 Å². The molecule has 1 rings (SSSR count). The Bertz CT molecular complexity index is 63.4. The highest BCUT2D eigenvalue weighted by Crippen LogP contribution is 2.13. The van der Waals surface area contributed by atoms with Gasteiger partial charge in [-0.3, -0.25) is 0 Å². The molecule has 2 unspecified atom stereocenters. The third-order valence-corrected chi connectivity index (χ3v) is 1.04. The molecule has 0 aromatic heterocycles. The van der Waals surface area contributed by atoms with Crippen LogP contribution in [-0.2, 0) is 4.74 Å². The van der Waals surface area contributed by atoms with Crippen molar-refractivity contribution in [2.45, 2.75) is 25.5 Å². The smallest absolute Gasteiger partial charge is 0.0824 e. The number of ether oxygens (including phenoxy) is 1. The molecule has 50 valence electrons. The lowest BCUT2D eigenvalue weighted by molar-refractivity contribution is 0.384. The highest BCUT2D eigenvalue weighted by atomic mass is 35.5. The first-order chi connectivity index (χ1) is 3.29. The zero-order chi connectivity index (χ0) is 5.28. The van der Waals surface area contributed by atoms with Gasteiger partial charge in [0, 0.05) is 6.04 Å². The van der Waals surface area contributed by atoms with Crippen molar-refractivity contribution < 1.29 is 4.74 Å². The molecular formula is C5H12ClNO. The minimum absolute atomic E-state index is 0. The molecule has 1 aliphatic heterocycles. The first kappa shape index (κ1) is 8.21. The highest BCUT2D eigenvalue weighted by Gasteiger charge is 2.22. The lowest BCUT2D eigenvalue weighted by atomic mass is 10.2. The summed E-state index contributed by atoms with van der Waals surface area (Å²) in [4.78, 5) is 0. The molecular weight excluding hydrogens is 126 g/mol. The van der Waals surface area contributed by atoms with Crippen molar-refractivity contribution in [1.29, 1.82) is 0 Å². The zero-order valence-corrected chi connectivity index (χ0v) is 5.78. The maximum absolute atomic E-state index is 5.45. The Hall–Kier alpha value is 0.210. The van der Waals surface area contributed by atoms with E-state index in [1.54, 1.807) is 0 Å². The molecule has 1 saturated heterocycles. The molecule has 0 radical (unpaired) electrons. The number of rotatable bonds is 2. The largest absolute Gasteiger partial charge is 0.373 e. The Morgan fingerprint density at radius 2 is 2.38 bits per heavy atom. The van der Waals surface area contributed by atoms with E-state index in [0.717, 1.165) is 13.0 Å². The lowest BCUT2D eigenvalue weighted by Gasteiger charge is -1.96. The average Bonchev–Trinajstić information content (AvgIpc) is 2.17. The molecule has 0 aliphatic carbocycles. The molecule has 0 bridgehead atoms. The first-order valence-corrected chi connectivity index (χ1v) is 2.66. The molecule has 0 aromatic carbocycles. The minimum atomic E-state index is 0. The second kappa shape index (κ2) is 3.28. The van der Waals surface area contributed by atoms with E-state index in [9.17, 15) is 0 Å². The van der Waals surface area contributed by atoms with Gasteiger partial charge in [0.05, 0.1) is 12.7 Å². The maximum atomic E-state index is 5.45. The van der Waals surface area contributed by atoms with Crippen molar-refractivity contribution in [3.8, 4) is 0 Å². The second-order valence-corrected chi connectivity index (χ2v) is 2.17. The first-order valence-electron chi connectivity index (χ1n) is 2.66. The van der Waals surface area contributed by atoms with Crippen LogP contribution in [0.1, 0.15) is 13.3 Å². The van der Waals surface area contributed by atoms with E-state index >= 15 is 0 Å². The number of halogens is 1. The van der Waals surface area contributed by atoms with E-state index in [4.69, 9.17) is 10.5 Å². The van der Waals surface area contributed by atoms with Crippen LogP contribution in [0.4, 0.5) is 0 Å². The molecule has 2 N–H and O–H groups in total. The van der Waals surface area contributed by atoms with Gasteiger partial charge in [-0.05, 0) is 13.3 Å². The van der Waals surface area contributed by atoms with Crippen molar-refractivity contribution in [3.63, 3.8) is 0 Å². The minimum Gasteiger partial charge on any atom is -0.373 e. The summed E-state index contributed by atoms with van der Waals surface area (Å²) >= 11 is 0. The van der Waals surface area contributed by atoms with Crippen LogP contribution < -0.4 is 5.73 Å². The summed E-state index contributed by atoms with van der Waals surface area (Å²) in [5, 5.41) is 0. The van der Waals surface area contributed by atoms with Gasteiger partial charge in [0.2, 0.25) is 0 Å². The number of epoxide rings is 1. The van der Waals surface area contributed by atoms with Crippen molar-refractivity contribution in [2.24, 2.45) is 5.73 Å². The van der Waals surface area contributed by atoms with E-state index in [-0.39, 0.29) is 12.4 Å². The second-order valence-electron chi connectivity index (χ2n) is 2.17. The molecule has 0 amide bonds. The number of hydrogen-bond donors (Lipinski definition) is 1. The SMILES string of the molecule is CC(N)CC1CO1.Cl. The third kappa shape index (κ3) is 3.24. The summed E-state index contributed by atoms with van der Waals surface area (Å²) in [6, 6.07) is 0.312. The van der Waals surface area contributed by atoms with E-state index in [1.165, 1.54) is 0 Å². The van der Waals surface area contributed by atoms with Crippen LogP contribution in [0.2, 0.25) is 0 Å². The molecule has 2 nitrogen and oxygen atoms in total. The summed E-state index contributed by atoms with van der Waals surface area (Å²) in [5.41, 5.74) is 5.45. The van der Waals surface area contributed by atoms with Gasteiger partial charge in [0.25, 0.3) is 0 Å². The van der Waals surface area contributed by atoms with Gasteiger partial charge >= 0.3 is 0 Å². The van der Waals surface area contributed by atoms with Crippen LogP contribution >= 0.6 is 12.4 Å². The molecule has 0 saturated carbocycles. The highest BCUT2D eigenvalue weighted by molar-refractivity contribution is 5.85. The van der Waals surface area contributed by atoms with Gasteiger partial charge in [-0.1, -0.05) is 0 Å². The summed E-state index contributed by atoms with van der Waals surface area (Å²) in [7, 11) is 0. The fraction of sp³-hybridized carbons (Fsp3) is 1.00. The standard InChI is InChI=1S/C5H11NO.ClH/c1-4(6)2-5-3-7-5;/h4-5H,2-3,6H2,1H3;1H. The van der Waals surface area contributed by atoms with Gasteiger partial charge in [-0.25, -0.2) is 0 Å². The van der Waals surface area contributed by atoms with Gasteiger partial charge < -0.3 is 10.5 Å². The van der Waals surface area contributed by atoms with E-state index in [0.29, 0.717) is 12.1 Å². The van der Waals surface area contributed by atoms with Crippen molar-refractivity contribution in [2.75, 3.05) is 6.61 Å². The maximum Gasteiger partial charge on any atom is 0.0824 e. The molecule has 2 atom stereocenters. The number of hydrogen-bond acceptors (Lipinski definition) is 2. The molecule has 3 heteroatoms. The Morgan fingerprint density at radius 1 is 1.88 bits per heavy atom. The van der Waals surface area contributed by atoms with Gasteiger partial charge in [0.15, 0.2) is 0 Å². The molecule has 8 heavy (non-hydrogen) atoms. The van der Waals surface area contributed by atoms with Gasteiger partial charge in [-0.15, -0.1) is 12.4 Å². The van der Waals surface area contributed by atoms with Crippen molar-refractivity contribution in [1.82, 2.24) is 0 Å². The fourth-order valence-electron chi connectivity index (χ4n) is 0.619. The fourth-order valence-corrected chi connectivity index (χ4v) is 0.619. The lowest BCUT2D eigenvalue weighted by Crippen LogP contribution is -2.16. The van der Waals surface area contributed by atoms with Crippen LogP contribution in [0.3, 0.4) is 0 Å². The van der Waals surface area contributed by atoms with Gasteiger partial charge in [0.1, 0.15) is 0 Å². The van der Waals surface area contributed by atoms with Crippen molar-refractivity contribution in [3.05, 3.63) is 0 Å². The zero-order valence-electron chi connectivity index (χ0n) is 4.96. The summed E-state index contributed by atoms with van der Waals surface area (Å²) in [5.74, 6) is 0. The van der Waals surface area contributed by atoms with E-state index < -0.39 is 0 Å². The average molecular weight is 138 g/mol. The van der Waals surface area contributed by atoms with Crippen LogP contribution in [0.5, 0.6) is 0 Å². The van der Waals surface area contributed by atoms with Crippen molar-refractivity contribution >= 4 is 12.4 Å². The Morgan fingerprint density at radius 3 is 2.50 bits per heavy atom. The molecule has 1 fully saturated rings. The monoisotopic (exact) mass is 137 g/mol. The Balaban J connectivity index is 0.000000490. The number of nitrogens with two attached hydrogens (primary N) is 1. The topological polar surface area (TPSA) is 38.5 Å². The van der Waals surface area contributed by atoms with E-state index in [1.807, 2.05) is 6.92 Å². The summed E-state index contributed by atoms with van der Waals surface area (Å²) in [6.45, 7) is 2.93. The van der Waals surface area contributed by atoms with Crippen LogP contribution in [0.15, 0.2) is 0 Å². The van der Waals surface area contributed by atoms with Crippen LogP contribution in [-0.4, -0.2) is 18.8 Å². The molecule has 1 aliphatic rings. The predicted octanol–water partition coefficient (Wildman–Crippen LogP) is 0.544. The Labute approximate surface area is 55.8 Å². The van der Waals surface area contributed by atoms with Crippen LogP contribution in [0, 0.1) is 0 Å². The van der Waals surface area contributed by atoms with Crippen LogP contribution in [0.25, 0.3) is 0 Å². The quantitative estimate of drug-likeness (QED) is 0.565. The summed E-state index contributed by atoms with van der Waals surface area (Å²) in [6.07, 6.45) is 1.53. The molecule has 1 heterocycles. The normalized spacial score (nSPS) is 28.5. The third-order valence-electron chi connectivity index (χ3n) is 1.04. The summed E-state index contributed by atoms with van der Waals surface area (Å²) < 4.78 is 4.94. The van der Waals surface area contributed by atoms with E-state index in [2.05, 4.69) is 0 Å². The Kier molecular flexibility index (Phi) is 3.36.